The maximum absolute atomic E-state index is 13.6. The largest absolute Gasteiger partial charge is 0.463 e. The first-order chi connectivity index (χ1) is 14.5. The number of nitrogens with zero attached hydrogens (tertiary/aromatic N) is 1. The van der Waals surface area contributed by atoms with E-state index in [2.05, 4.69) is 10.3 Å². The molecule has 3 aromatic rings. The van der Waals surface area contributed by atoms with Crippen LogP contribution in [0.4, 0.5) is 5.82 Å². The van der Waals surface area contributed by atoms with Crippen molar-refractivity contribution in [3.05, 3.63) is 104 Å². The number of aromatic nitrogens is 2. The number of ether oxygens (including phenoxy) is 1. The highest BCUT2D eigenvalue weighted by molar-refractivity contribution is 5.94. The molecule has 152 valence electrons. The van der Waals surface area contributed by atoms with Crippen LogP contribution < -0.4 is 16.6 Å². The first-order valence-corrected chi connectivity index (χ1v) is 9.67. The van der Waals surface area contributed by atoms with Crippen molar-refractivity contribution in [1.82, 2.24) is 9.55 Å². The number of hydrogen-bond donors (Lipinski definition) is 2. The highest BCUT2D eigenvalue weighted by Gasteiger charge is 2.36. The Morgan fingerprint density at radius 2 is 1.67 bits per heavy atom. The topological polar surface area (TPSA) is 93.2 Å². The van der Waals surface area contributed by atoms with E-state index >= 15 is 0 Å². The molecule has 0 radical (unpaired) electrons. The summed E-state index contributed by atoms with van der Waals surface area (Å²) in [6, 6.07) is 17.9. The van der Waals surface area contributed by atoms with Gasteiger partial charge in [0.2, 0.25) is 0 Å². The Kier molecular flexibility index (Phi) is 5.10. The molecule has 0 amide bonds. The molecule has 1 aliphatic rings. The van der Waals surface area contributed by atoms with E-state index in [-0.39, 0.29) is 12.4 Å². The van der Waals surface area contributed by atoms with Gasteiger partial charge >= 0.3 is 11.7 Å². The van der Waals surface area contributed by atoms with Crippen LogP contribution in [0.3, 0.4) is 0 Å². The maximum atomic E-state index is 13.6. The average molecular weight is 403 g/mol. The smallest absolute Gasteiger partial charge is 0.336 e. The van der Waals surface area contributed by atoms with Crippen LogP contribution in [-0.2, 0) is 9.53 Å². The zero-order valence-electron chi connectivity index (χ0n) is 16.6. The van der Waals surface area contributed by atoms with Gasteiger partial charge in [-0.25, -0.2) is 14.2 Å². The van der Waals surface area contributed by atoms with Gasteiger partial charge < -0.3 is 10.1 Å². The quantitative estimate of drug-likeness (QED) is 0.654. The normalized spacial score (nSPS) is 15.3. The van der Waals surface area contributed by atoms with Crippen molar-refractivity contribution in [2.24, 2.45) is 0 Å². The zero-order valence-corrected chi connectivity index (χ0v) is 16.6. The van der Waals surface area contributed by atoms with Gasteiger partial charge in [-0.15, -0.1) is 0 Å². The van der Waals surface area contributed by atoms with E-state index < -0.39 is 23.1 Å². The Bertz CT molecular complexity index is 1240. The molecule has 0 spiro atoms. The van der Waals surface area contributed by atoms with Crippen molar-refractivity contribution in [3.63, 3.8) is 0 Å². The number of anilines is 1. The first kappa shape index (κ1) is 19.4. The lowest BCUT2D eigenvalue weighted by Gasteiger charge is -2.29. The molecule has 0 saturated heterocycles. The third-order valence-electron chi connectivity index (χ3n) is 5.07. The van der Waals surface area contributed by atoms with E-state index in [1.165, 1.54) is 0 Å². The fraction of sp³-hybridized carbons (Fsp3) is 0.174. The summed E-state index contributed by atoms with van der Waals surface area (Å²) < 4.78 is 6.36. The molecule has 1 atom stereocenters. The Labute approximate surface area is 172 Å². The van der Waals surface area contributed by atoms with Crippen molar-refractivity contribution in [3.8, 4) is 5.69 Å². The molecule has 4 rings (SSSR count). The summed E-state index contributed by atoms with van der Waals surface area (Å²) in [4.78, 5) is 41.9. The van der Waals surface area contributed by atoms with Gasteiger partial charge in [-0.2, -0.15) is 0 Å². The summed E-state index contributed by atoms with van der Waals surface area (Å²) >= 11 is 0. The number of nitrogens with one attached hydrogen (secondary N) is 2. The number of carbonyl (C=O) groups excluding carboxylic acids is 1. The van der Waals surface area contributed by atoms with Gasteiger partial charge in [0.1, 0.15) is 5.82 Å². The highest BCUT2D eigenvalue weighted by atomic mass is 16.5. The van der Waals surface area contributed by atoms with E-state index in [9.17, 15) is 14.4 Å². The minimum Gasteiger partial charge on any atom is -0.463 e. The van der Waals surface area contributed by atoms with Gasteiger partial charge in [0.15, 0.2) is 0 Å². The monoisotopic (exact) mass is 403 g/mol. The van der Waals surface area contributed by atoms with Crippen LogP contribution in [0.25, 0.3) is 5.69 Å². The van der Waals surface area contributed by atoms with E-state index in [1.807, 2.05) is 30.3 Å². The Balaban J connectivity index is 2.02. The summed E-state index contributed by atoms with van der Waals surface area (Å²) in [6.45, 7) is 3.67. The first-order valence-electron chi connectivity index (χ1n) is 9.67. The summed E-state index contributed by atoms with van der Waals surface area (Å²) in [5.41, 5.74) is 1.32. The molecule has 0 saturated carbocycles. The summed E-state index contributed by atoms with van der Waals surface area (Å²) in [5, 5.41) is 3.02. The van der Waals surface area contributed by atoms with Crippen molar-refractivity contribution in [2.75, 3.05) is 11.9 Å². The SMILES string of the molecule is CCOC(=O)C1=C(C)Nc2[nH]c(=O)n(-c3ccccc3)c(=O)c2C1c1ccccc1. The second-order valence-electron chi connectivity index (χ2n) is 6.92. The van der Waals surface area contributed by atoms with Gasteiger partial charge in [0.25, 0.3) is 5.56 Å². The maximum Gasteiger partial charge on any atom is 0.336 e. The Hall–Kier alpha value is -3.87. The van der Waals surface area contributed by atoms with Gasteiger partial charge in [-0.05, 0) is 31.5 Å². The standard InChI is InChI=1S/C23H21N3O4/c1-3-30-22(28)17-14(2)24-20-19(18(17)15-10-6-4-7-11-15)21(27)26(23(29)25-20)16-12-8-5-9-13-16/h4-13,18,24H,3H2,1-2H3,(H,25,29). The van der Waals surface area contributed by atoms with Crippen LogP contribution in [0.15, 0.2) is 81.5 Å². The van der Waals surface area contributed by atoms with Crippen LogP contribution in [0.1, 0.15) is 30.9 Å². The molecule has 1 unspecified atom stereocenters. The van der Waals surface area contributed by atoms with Crippen molar-refractivity contribution in [2.45, 2.75) is 19.8 Å². The molecular formula is C23H21N3O4. The molecule has 2 aromatic carbocycles. The second kappa shape index (κ2) is 7.87. The number of esters is 1. The molecule has 2 N–H and O–H groups in total. The molecule has 7 nitrogen and oxygen atoms in total. The molecule has 0 bridgehead atoms. The number of carbonyl (C=O) groups is 1. The Morgan fingerprint density at radius 3 is 2.30 bits per heavy atom. The number of rotatable bonds is 4. The van der Waals surface area contributed by atoms with E-state index in [0.717, 1.165) is 10.1 Å². The van der Waals surface area contributed by atoms with Crippen molar-refractivity contribution >= 4 is 11.8 Å². The van der Waals surface area contributed by atoms with Gasteiger partial charge in [-0.3, -0.25) is 9.78 Å². The number of allylic oxidation sites excluding steroid dienone is 1. The lowest BCUT2D eigenvalue weighted by Crippen LogP contribution is -2.40. The van der Waals surface area contributed by atoms with E-state index in [1.54, 1.807) is 44.2 Å². The predicted octanol–water partition coefficient (Wildman–Crippen LogP) is 2.92. The van der Waals surface area contributed by atoms with Crippen molar-refractivity contribution in [1.29, 1.82) is 0 Å². The van der Waals surface area contributed by atoms with Crippen LogP contribution in [0.2, 0.25) is 0 Å². The zero-order chi connectivity index (χ0) is 21.3. The number of aromatic amines is 1. The van der Waals surface area contributed by atoms with Gasteiger partial charge in [-0.1, -0.05) is 48.5 Å². The highest BCUT2D eigenvalue weighted by Crippen LogP contribution is 2.39. The number of fused-ring (bicyclic) bond motifs is 1. The number of benzene rings is 2. The molecular weight excluding hydrogens is 382 g/mol. The third kappa shape index (κ3) is 3.24. The third-order valence-corrected chi connectivity index (χ3v) is 5.07. The number of para-hydroxylation sites is 1. The number of hydrogen-bond acceptors (Lipinski definition) is 5. The van der Waals surface area contributed by atoms with Crippen LogP contribution in [-0.4, -0.2) is 22.1 Å². The summed E-state index contributed by atoms with van der Waals surface area (Å²) in [6.07, 6.45) is 0. The second-order valence-corrected chi connectivity index (χ2v) is 6.92. The van der Waals surface area contributed by atoms with Gasteiger partial charge in [0, 0.05) is 5.70 Å². The molecule has 1 aliphatic heterocycles. The van der Waals surface area contributed by atoms with E-state index in [0.29, 0.717) is 22.5 Å². The molecule has 2 heterocycles. The fourth-order valence-corrected chi connectivity index (χ4v) is 3.80. The molecule has 1 aromatic heterocycles. The van der Waals surface area contributed by atoms with Crippen molar-refractivity contribution < 1.29 is 9.53 Å². The summed E-state index contributed by atoms with van der Waals surface area (Å²) in [5.74, 6) is -0.892. The fourth-order valence-electron chi connectivity index (χ4n) is 3.80. The minimum atomic E-state index is -0.680. The predicted molar refractivity (Wildman–Crippen MR) is 114 cm³/mol. The lowest BCUT2D eigenvalue weighted by atomic mass is 9.82. The minimum absolute atomic E-state index is 0.212. The van der Waals surface area contributed by atoms with E-state index in [4.69, 9.17) is 4.74 Å². The summed E-state index contributed by atoms with van der Waals surface area (Å²) in [7, 11) is 0. The van der Waals surface area contributed by atoms with Crippen LogP contribution in [0.5, 0.6) is 0 Å². The van der Waals surface area contributed by atoms with Crippen LogP contribution >= 0.6 is 0 Å². The number of H-pyrrole nitrogens is 1. The molecule has 0 fully saturated rings. The molecule has 7 heteroatoms. The van der Waals surface area contributed by atoms with Gasteiger partial charge in [0.05, 0.1) is 29.3 Å². The molecule has 0 aliphatic carbocycles. The van der Waals surface area contributed by atoms with Crippen LogP contribution in [0, 0.1) is 0 Å². The Morgan fingerprint density at radius 1 is 1.03 bits per heavy atom. The lowest BCUT2D eigenvalue weighted by molar-refractivity contribution is -0.138. The molecule has 30 heavy (non-hydrogen) atoms. The average Bonchev–Trinajstić information content (AvgIpc) is 2.74.